The molecule has 150 valence electrons. The van der Waals surface area contributed by atoms with Gasteiger partial charge in [0.15, 0.2) is 5.96 Å². The van der Waals surface area contributed by atoms with Gasteiger partial charge in [-0.05, 0) is 12.1 Å². The number of methoxy groups -OCH3 is 2. The first kappa shape index (κ1) is 23.5. The second kappa shape index (κ2) is 10.7. The number of nitrogens with one attached hydrogen (secondary N) is 2. The molecule has 0 fully saturated rings. The van der Waals surface area contributed by atoms with Crippen molar-refractivity contribution in [1.29, 1.82) is 0 Å². The fourth-order valence-corrected chi connectivity index (χ4v) is 3.25. The normalized spacial score (nSPS) is 11.6. The van der Waals surface area contributed by atoms with Gasteiger partial charge in [-0.25, -0.2) is 4.98 Å². The molecule has 1 aromatic carbocycles. The number of ether oxygens (including phenoxy) is 2. The standard InChI is InChI=1S/C19H28N4O2S.HI/c1-19(2,3)16-12-26-17(23-16)11-22-18(20-4)21-10-13-7-8-14(24-5)9-15(13)25-6;/h7-9,12H,10-11H2,1-6H3,(H2,20,21,22);1H. The van der Waals surface area contributed by atoms with E-state index in [0.29, 0.717) is 13.1 Å². The molecule has 0 bridgehead atoms. The Morgan fingerprint density at radius 2 is 1.85 bits per heavy atom. The molecule has 0 spiro atoms. The Labute approximate surface area is 182 Å². The van der Waals surface area contributed by atoms with E-state index in [2.05, 4.69) is 41.8 Å². The summed E-state index contributed by atoms with van der Waals surface area (Å²) in [5, 5.41) is 9.76. The van der Waals surface area contributed by atoms with Gasteiger partial charge in [-0.1, -0.05) is 20.8 Å². The van der Waals surface area contributed by atoms with Crippen molar-refractivity contribution < 1.29 is 9.47 Å². The van der Waals surface area contributed by atoms with E-state index in [1.165, 1.54) is 0 Å². The summed E-state index contributed by atoms with van der Waals surface area (Å²) in [6, 6.07) is 5.77. The maximum atomic E-state index is 5.43. The van der Waals surface area contributed by atoms with Crippen molar-refractivity contribution in [2.75, 3.05) is 21.3 Å². The van der Waals surface area contributed by atoms with Crippen molar-refractivity contribution >= 4 is 41.3 Å². The van der Waals surface area contributed by atoms with Crippen LogP contribution in [0.25, 0.3) is 0 Å². The Bertz CT molecular complexity index is 756. The monoisotopic (exact) mass is 504 g/mol. The van der Waals surface area contributed by atoms with Gasteiger partial charge >= 0.3 is 0 Å². The van der Waals surface area contributed by atoms with Crippen LogP contribution in [0.1, 0.15) is 37.0 Å². The largest absolute Gasteiger partial charge is 0.497 e. The van der Waals surface area contributed by atoms with Gasteiger partial charge < -0.3 is 20.1 Å². The highest BCUT2D eigenvalue weighted by molar-refractivity contribution is 14.0. The van der Waals surface area contributed by atoms with E-state index in [0.717, 1.165) is 33.7 Å². The lowest BCUT2D eigenvalue weighted by molar-refractivity contribution is 0.390. The van der Waals surface area contributed by atoms with Crippen LogP contribution in [0.3, 0.4) is 0 Å². The zero-order valence-corrected chi connectivity index (χ0v) is 19.9. The first-order valence-corrected chi connectivity index (χ1v) is 9.35. The lowest BCUT2D eigenvalue weighted by Gasteiger charge is -2.15. The summed E-state index contributed by atoms with van der Waals surface area (Å²) in [4.78, 5) is 8.96. The zero-order chi connectivity index (χ0) is 19.2. The highest BCUT2D eigenvalue weighted by Crippen LogP contribution is 2.25. The summed E-state index contributed by atoms with van der Waals surface area (Å²) in [7, 11) is 5.05. The summed E-state index contributed by atoms with van der Waals surface area (Å²) in [6.45, 7) is 7.74. The van der Waals surface area contributed by atoms with E-state index in [1.54, 1.807) is 32.6 Å². The molecule has 2 aromatic rings. The van der Waals surface area contributed by atoms with Crippen molar-refractivity contribution in [2.24, 2.45) is 4.99 Å². The van der Waals surface area contributed by atoms with Crippen LogP contribution in [0, 0.1) is 0 Å². The van der Waals surface area contributed by atoms with E-state index in [4.69, 9.17) is 14.5 Å². The SMILES string of the molecule is CN=C(NCc1nc(C(C)(C)C)cs1)NCc1ccc(OC)cc1OC.I. The van der Waals surface area contributed by atoms with Crippen molar-refractivity contribution in [3.05, 3.63) is 39.8 Å². The summed E-state index contributed by atoms with van der Waals surface area (Å²) in [6.07, 6.45) is 0. The lowest BCUT2D eigenvalue weighted by atomic mass is 9.93. The molecule has 8 heteroatoms. The quantitative estimate of drug-likeness (QED) is 0.355. The van der Waals surface area contributed by atoms with Gasteiger partial charge in [-0.2, -0.15) is 0 Å². The molecule has 0 saturated carbocycles. The van der Waals surface area contributed by atoms with Crippen LogP contribution in [-0.2, 0) is 18.5 Å². The van der Waals surface area contributed by atoms with Gasteiger partial charge in [0, 0.05) is 36.0 Å². The van der Waals surface area contributed by atoms with E-state index in [1.807, 2.05) is 18.2 Å². The summed E-state index contributed by atoms with van der Waals surface area (Å²) < 4.78 is 10.7. The topological polar surface area (TPSA) is 67.8 Å². The summed E-state index contributed by atoms with van der Waals surface area (Å²) in [5.41, 5.74) is 2.21. The number of rotatable bonds is 6. The average molecular weight is 504 g/mol. The van der Waals surface area contributed by atoms with Crippen LogP contribution in [-0.4, -0.2) is 32.2 Å². The van der Waals surface area contributed by atoms with Crippen LogP contribution in [0.4, 0.5) is 0 Å². The zero-order valence-electron chi connectivity index (χ0n) is 16.8. The van der Waals surface area contributed by atoms with Gasteiger partial charge in [-0.15, -0.1) is 35.3 Å². The van der Waals surface area contributed by atoms with E-state index in [9.17, 15) is 0 Å². The number of aromatic nitrogens is 1. The molecule has 0 aliphatic carbocycles. The molecule has 0 aliphatic rings. The first-order valence-electron chi connectivity index (χ1n) is 8.47. The third kappa shape index (κ3) is 6.84. The van der Waals surface area contributed by atoms with E-state index >= 15 is 0 Å². The molecule has 2 rings (SSSR count). The number of nitrogens with zero attached hydrogens (tertiary/aromatic N) is 2. The van der Waals surface area contributed by atoms with Crippen molar-refractivity contribution in [2.45, 2.75) is 39.3 Å². The first-order chi connectivity index (χ1) is 12.4. The fourth-order valence-electron chi connectivity index (χ4n) is 2.29. The minimum atomic E-state index is 0. The van der Waals surface area contributed by atoms with E-state index < -0.39 is 0 Å². The number of thiazole rings is 1. The number of hydrogen-bond donors (Lipinski definition) is 2. The van der Waals surface area contributed by atoms with Gasteiger partial charge in [-0.3, -0.25) is 4.99 Å². The Morgan fingerprint density at radius 3 is 2.41 bits per heavy atom. The molecular formula is C19H29IN4O2S. The molecule has 0 amide bonds. The maximum absolute atomic E-state index is 5.43. The Morgan fingerprint density at radius 1 is 1.15 bits per heavy atom. The molecule has 1 aromatic heterocycles. The predicted molar refractivity (Wildman–Crippen MR) is 123 cm³/mol. The Balaban J connectivity index is 0.00000364. The van der Waals surface area contributed by atoms with Crippen molar-refractivity contribution in [3.63, 3.8) is 0 Å². The molecule has 6 nitrogen and oxygen atoms in total. The van der Waals surface area contributed by atoms with Crippen LogP contribution in [0.15, 0.2) is 28.6 Å². The second-order valence-corrected chi connectivity index (χ2v) is 7.78. The van der Waals surface area contributed by atoms with Crippen LogP contribution >= 0.6 is 35.3 Å². The Hall–Kier alpha value is -1.55. The number of halogens is 1. The molecule has 0 aliphatic heterocycles. The van der Waals surface area contributed by atoms with Crippen LogP contribution < -0.4 is 20.1 Å². The molecule has 0 unspecified atom stereocenters. The van der Waals surface area contributed by atoms with Crippen molar-refractivity contribution in [3.8, 4) is 11.5 Å². The molecule has 0 saturated heterocycles. The lowest BCUT2D eigenvalue weighted by Crippen LogP contribution is -2.36. The molecule has 0 radical (unpaired) electrons. The number of benzene rings is 1. The third-order valence-electron chi connectivity index (χ3n) is 3.89. The number of aliphatic imine (C=N–C) groups is 1. The molecule has 27 heavy (non-hydrogen) atoms. The molecule has 1 heterocycles. The van der Waals surface area contributed by atoms with Gasteiger partial charge in [0.25, 0.3) is 0 Å². The van der Waals surface area contributed by atoms with E-state index in [-0.39, 0.29) is 29.4 Å². The molecule has 0 atom stereocenters. The number of hydrogen-bond acceptors (Lipinski definition) is 5. The highest BCUT2D eigenvalue weighted by Gasteiger charge is 2.17. The molecular weight excluding hydrogens is 475 g/mol. The number of guanidine groups is 1. The fraction of sp³-hybridized carbons (Fsp3) is 0.474. The van der Waals surface area contributed by atoms with Crippen LogP contribution in [0.5, 0.6) is 11.5 Å². The Kier molecular flexibility index (Phi) is 9.31. The third-order valence-corrected chi connectivity index (χ3v) is 4.74. The highest BCUT2D eigenvalue weighted by atomic mass is 127. The van der Waals surface area contributed by atoms with Gasteiger partial charge in [0.2, 0.25) is 0 Å². The summed E-state index contributed by atoms with van der Waals surface area (Å²) >= 11 is 1.66. The van der Waals surface area contributed by atoms with Crippen LogP contribution in [0.2, 0.25) is 0 Å². The predicted octanol–water partition coefficient (Wildman–Crippen LogP) is 3.94. The van der Waals surface area contributed by atoms with Gasteiger partial charge in [0.1, 0.15) is 16.5 Å². The average Bonchev–Trinajstić information content (AvgIpc) is 3.11. The summed E-state index contributed by atoms with van der Waals surface area (Å²) in [5.74, 6) is 2.27. The van der Waals surface area contributed by atoms with Gasteiger partial charge in [0.05, 0.1) is 26.5 Å². The minimum absolute atomic E-state index is 0. The molecule has 2 N–H and O–H groups in total. The van der Waals surface area contributed by atoms with Crippen molar-refractivity contribution in [1.82, 2.24) is 15.6 Å². The second-order valence-electron chi connectivity index (χ2n) is 6.83. The smallest absolute Gasteiger partial charge is 0.191 e. The minimum Gasteiger partial charge on any atom is -0.497 e. The maximum Gasteiger partial charge on any atom is 0.191 e.